The quantitative estimate of drug-likeness (QED) is 0.694. The van der Waals surface area contributed by atoms with Gasteiger partial charge in [-0.1, -0.05) is 0 Å². The topological polar surface area (TPSA) is 78.9 Å². The van der Waals surface area contributed by atoms with Crippen LogP contribution in [0.5, 0.6) is 0 Å². The van der Waals surface area contributed by atoms with Gasteiger partial charge in [0.05, 0.1) is 25.1 Å². The molecule has 2 aliphatic heterocycles. The van der Waals surface area contributed by atoms with Gasteiger partial charge in [-0.15, -0.1) is 0 Å². The van der Waals surface area contributed by atoms with E-state index in [0.29, 0.717) is 18.8 Å². The zero-order valence-corrected chi connectivity index (χ0v) is 18.2. The molecule has 4 rings (SSSR count). The standard InChI is InChI=1S/C22H24F3N5O3/c1-28(2)22(32)18-10-20(27-12-26-18)29-5-3-16(17(25)11-29)21(31)30-19(4-6-33-30)13-7-14(23)9-15(24)8-13/h7-10,12,16-17,19H,3-6,11H2,1-2H3/t16-,17+,19+/m0/s1. The number of anilines is 1. The molecule has 2 saturated heterocycles. The Labute approximate surface area is 188 Å². The Kier molecular flexibility index (Phi) is 6.50. The second-order valence-electron chi connectivity index (χ2n) is 8.32. The summed E-state index contributed by atoms with van der Waals surface area (Å²) in [4.78, 5) is 41.8. The number of benzene rings is 1. The van der Waals surface area contributed by atoms with Gasteiger partial charge in [0.15, 0.2) is 0 Å². The van der Waals surface area contributed by atoms with Crippen LogP contribution in [0.3, 0.4) is 0 Å². The normalized spacial score (nSPS) is 23.0. The number of halogens is 3. The lowest BCUT2D eigenvalue weighted by molar-refractivity contribution is -0.184. The van der Waals surface area contributed by atoms with Crippen molar-refractivity contribution in [2.45, 2.75) is 25.1 Å². The number of hydrogen-bond donors (Lipinski definition) is 0. The Hall–Kier alpha value is -3.21. The highest BCUT2D eigenvalue weighted by Crippen LogP contribution is 2.35. The van der Waals surface area contributed by atoms with E-state index in [0.717, 1.165) is 23.3 Å². The molecule has 0 aliphatic carbocycles. The summed E-state index contributed by atoms with van der Waals surface area (Å²) >= 11 is 0. The Morgan fingerprint density at radius 1 is 1.09 bits per heavy atom. The summed E-state index contributed by atoms with van der Waals surface area (Å²) in [6.07, 6.45) is 0.263. The number of amides is 2. The third-order valence-electron chi connectivity index (χ3n) is 5.85. The molecule has 0 unspecified atom stereocenters. The Morgan fingerprint density at radius 2 is 1.82 bits per heavy atom. The molecule has 0 spiro atoms. The number of piperidine rings is 1. The van der Waals surface area contributed by atoms with Crippen molar-refractivity contribution in [3.8, 4) is 0 Å². The van der Waals surface area contributed by atoms with E-state index in [2.05, 4.69) is 9.97 Å². The number of carbonyl (C=O) groups is 2. The lowest BCUT2D eigenvalue weighted by Crippen LogP contribution is -2.49. The third-order valence-corrected chi connectivity index (χ3v) is 5.85. The lowest BCUT2D eigenvalue weighted by atomic mass is 9.92. The molecule has 176 valence electrons. The molecular weight excluding hydrogens is 439 g/mol. The molecule has 1 aromatic carbocycles. The van der Waals surface area contributed by atoms with Gasteiger partial charge in [-0.3, -0.25) is 14.4 Å². The summed E-state index contributed by atoms with van der Waals surface area (Å²) in [7, 11) is 3.20. The first kappa shape index (κ1) is 23.0. The predicted octanol–water partition coefficient (Wildman–Crippen LogP) is 2.53. The van der Waals surface area contributed by atoms with Gasteiger partial charge in [0.2, 0.25) is 0 Å². The Bertz CT molecular complexity index is 1030. The van der Waals surface area contributed by atoms with Crippen LogP contribution in [-0.4, -0.2) is 71.7 Å². The average molecular weight is 463 g/mol. The number of carbonyl (C=O) groups excluding carboxylic acids is 2. The van der Waals surface area contributed by atoms with Gasteiger partial charge in [0, 0.05) is 39.2 Å². The van der Waals surface area contributed by atoms with Gasteiger partial charge in [0.1, 0.15) is 35.6 Å². The van der Waals surface area contributed by atoms with Crippen LogP contribution in [0.25, 0.3) is 0 Å². The van der Waals surface area contributed by atoms with Gasteiger partial charge in [0.25, 0.3) is 11.8 Å². The molecule has 0 bridgehead atoms. The number of nitrogens with zero attached hydrogens (tertiary/aromatic N) is 5. The van der Waals surface area contributed by atoms with Crippen molar-refractivity contribution in [1.82, 2.24) is 19.9 Å². The number of hydroxylamine groups is 2. The van der Waals surface area contributed by atoms with E-state index in [9.17, 15) is 18.4 Å². The van der Waals surface area contributed by atoms with Gasteiger partial charge in [-0.25, -0.2) is 28.2 Å². The van der Waals surface area contributed by atoms with Crippen molar-refractivity contribution < 1.29 is 27.6 Å². The summed E-state index contributed by atoms with van der Waals surface area (Å²) in [6, 6.07) is 3.87. The van der Waals surface area contributed by atoms with Gasteiger partial charge in [-0.05, 0) is 24.1 Å². The molecule has 11 heteroatoms. The first-order valence-electron chi connectivity index (χ1n) is 10.6. The molecule has 0 radical (unpaired) electrons. The fraction of sp³-hybridized carbons (Fsp3) is 0.455. The average Bonchev–Trinajstić information content (AvgIpc) is 3.27. The van der Waals surface area contributed by atoms with E-state index < -0.39 is 35.7 Å². The molecule has 0 saturated carbocycles. The first-order valence-corrected chi connectivity index (χ1v) is 10.6. The highest BCUT2D eigenvalue weighted by atomic mass is 19.1. The number of aromatic nitrogens is 2. The van der Waals surface area contributed by atoms with E-state index in [1.807, 2.05) is 0 Å². The van der Waals surface area contributed by atoms with Crippen molar-refractivity contribution in [1.29, 1.82) is 0 Å². The van der Waals surface area contributed by atoms with Crippen LogP contribution in [0.2, 0.25) is 0 Å². The first-order chi connectivity index (χ1) is 15.7. The van der Waals surface area contributed by atoms with E-state index >= 15 is 4.39 Å². The van der Waals surface area contributed by atoms with Crippen molar-refractivity contribution >= 4 is 17.6 Å². The Morgan fingerprint density at radius 3 is 2.48 bits per heavy atom. The molecule has 33 heavy (non-hydrogen) atoms. The molecule has 2 fully saturated rings. The summed E-state index contributed by atoms with van der Waals surface area (Å²) in [5.41, 5.74) is 0.458. The number of alkyl halides is 1. The second kappa shape index (κ2) is 9.34. The maximum absolute atomic E-state index is 15.1. The number of rotatable bonds is 4. The fourth-order valence-corrected chi connectivity index (χ4v) is 4.18. The summed E-state index contributed by atoms with van der Waals surface area (Å²) in [6.45, 7) is 0.417. The highest BCUT2D eigenvalue weighted by molar-refractivity contribution is 5.92. The van der Waals surface area contributed by atoms with Crippen LogP contribution >= 0.6 is 0 Å². The maximum Gasteiger partial charge on any atom is 0.272 e. The zero-order valence-electron chi connectivity index (χ0n) is 18.2. The minimum Gasteiger partial charge on any atom is -0.354 e. The van der Waals surface area contributed by atoms with Gasteiger partial charge >= 0.3 is 0 Å². The van der Waals surface area contributed by atoms with Crippen molar-refractivity contribution in [3.05, 3.63) is 53.5 Å². The van der Waals surface area contributed by atoms with E-state index in [-0.39, 0.29) is 36.7 Å². The SMILES string of the molecule is CN(C)C(=O)c1cc(N2CC[C@H](C(=O)N3OCC[C@@H]3c3cc(F)cc(F)c3)[C@H](F)C2)ncn1. The van der Waals surface area contributed by atoms with Crippen LogP contribution in [0.4, 0.5) is 19.0 Å². The minimum absolute atomic E-state index is 0.101. The number of hydrogen-bond acceptors (Lipinski definition) is 6. The molecule has 3 heterocycles. The van der Waals surface area contributed by atoms with Gasteiger partial charge in [-0.2, -0.15) is 0 Å². The molecule has 1 aromatic heterocycles. The largest absolute Gasteiger partial charge is 0.354 e. The Balaban J connectivity index is 1.46. The van der Waals surface area contributed by atoms with Crippen LogP contribution < -0.4 is 4.90 Å². The van der Waals surface area contributed by atoms with Crippen molar-refractivity contribution in [3.63, 3.8) is 0 Å². The molecule has 2 aromatic rings. The van der Waals surface area contributed by atoms with Crippen molar-refractivity contribution in [2.24, 2.45) is 5.92 Å². The van der Waals surface area contributed by atoms with Crippen molar-refractivity contribution in [2.75, 3.05) is 38.7 Å². The molecule has 8 nitrogen and oxygen atoms in total. The highest BCUT2D eigenvalue weighted by Gasteiger charge is 2.42. The molecule has 2 aliphatic rings. The molecule has 3 atom stereocenters. The second-order valence-corrected chi connectivity index (χ2v) is 8.32. The monoisotopic (exact) mass is 463 g/mol. The van der Waals surface area contributed by atoms with Crippen LogP contribution in [-0.2, 0) is 9.63 Å². The zero-order chi connectivity index (χ0) is 23.7. The van der Waals surface area contributed by atoms with Crippen LogP contribution in [0.1, 0.15) is 34.9 Å². The summed E-state index contributed by atoms with van der Waals surface area (Å²) < 4.78 is 42.5. The predicted molar refractivity (Wildman–Crippen MR) is 112 cm³/mol. The van der Waals surface area contributed by atoms with E-state index in [1.165, 1.54) is 17.3 Å². The van der Waals surface area contributed by atoms with Crippen LogP contribution in [0.15, 0.2) is 30.6 Å². The molecular formula is C22H24F3N5O3. The summed E-state index contributed by atoms with van der Waals surface area (Å²) in [5.74, 6) is -2.93. The van der Waals surface area contributed by atoms with E-state index in [4.69, 9.17) is 4.84 Å². The third kappa shape index (κ3) is 4.77. The minimum atomic E-state index is -1.52. The fourth-order valence-electron chi connectivity index (χ4n) is 4.18. The van der Waals surface area contributed by atoms with Crippen LogP contribution in [0, 0.1) is 17.6 Å². The lowest BCUT2D eigenvalue weighted by Gasteiger charge is -2.36. The van der Waals surface area contributed by atoms with E-state index in [1.54, 1.807) is 19.0 Å². The van der Waals surface area contributed by atoms with Gasteiger partial charge < -0.3 is 9.80 Å². The molecule has 2 amide bonds. The smallest absolute Gasteiger partial charge is 0.272 e. The molecule has 0 N–H and O–H groups in total. The maximum atomic E-state index is 15.1. The summed E-state index contributed by atoms with van der Waals surface area (Å²) in [5, 5.41) is 1.06.